The highest BCUT2D eigenvalue weighted by atomic mass is 32.2. The molecule has 0 bridgehead atoms. The maximum atomic E-state index is 13.3. The monoisotopic (exact) mass is 578 g/mol. The average molecular weight is 579 g/mol. The summed E-state index contributed by atoms with van der Waals surface area (Å²) in [6.45, 7) is 2.17. The summed E-state index contributed by atoms with van der Waals surface area (Å²) >= 11 is 0. The van der Waals surface area contributed by atoms with Gasteiger partial charge in [0, 0.05) is 63.4 Å². The Morgan fingerprint density at radius 3 is 2.29 bits per heavy atom. The first-order valence-corrected chi connectivity index (χ1v) is 15.1. The lowest BCUT2D eigenvalue weighted by Crippen LogP contribution is -2.46. The minimum atomic E-state index is -3.99. The number of carbonyl (C=O) groups excluding carboxylic acids is 2. The molecule has 216 valence electrons. The molecule has 10 nitrogen and oxygen atoms in total. The average Bonchev–Trinajstić information content (AvgIpc) is 3.40. The number of likely N-dealkylation sites (tertiary alicyclic amines) is 1. The molecule has 2 aliphatic heterocycles. The summed E-state index contributed by atoms with van der Waals surface area (Å²) in [7, 11) is -3.99. The lowest BCUT2D eigenvalue weighted by Gasteiger charge is -2.40. The number of nitrogens with zero attached hydrogens (tertiary/aromatic N) is 3. The van der Waals surface area contributed by atoms with Crippen LogP contribution in [0.5, 0.6) is 11.5 Å². The summed E-state index contributed by atoms with van der Waals surface area (Å²) in [6.07, 6.45) is 1.69. The molecule has 0 aromatic heterocycles. The molecule has 0 unspecified atom stereocenters. The normalized spacial score (nSPS) is 16.0. The Labute approximate surface area is 239 Å². The minimum absolute atomic E-state index is 0.0487. The third-order valence-corrected chi connectivity index (χ3v) is 9.65. The fraction of sp³-hybridized carbons (Fsp3) is 0.333. The largest absolute Gasteiger partial charge is 0.508 e. The molecule has 1 fully saturated rings. The van der Waals surface area contributed by atoms with Crippen molar-refractivity contribution in [3.05, 3.63) is 83.4 Å². The third kappa shape index (κ3) is 6.31. The zero-order valence-corrected chi connectivity index (χ0v) is 23.5. The Hall–Kier alpha value is -4.09. The van der Waals surface area contributed by atoms with Crippen molar-refractivity contribution < 1.29 is 28.2 Å². The number of anilines is 1. The lowest BCUT2D eigenvalue weighted by atomic mass is 9.99. The van der Waals surface area contributed by atoms with Gasteiger partial charge in [-0.25, -0.2) is 8.42 Å². The Morgan fingerprint density at radius 1 is 0.902 bits per heavy atom. The van der Waals surface area contributed by atoms with Gasteiger partial charge in [-0.2, -0.15) is 4.31 Å². The predicted molar refractivity (Wildman–Crippen MR) is 153 cm³/mol. The molecule has 3 aromatic carbocycles. The van der Waals surface area contributed by atoms with E-state index < -0.39 is 21.7 Å². The number of aromatic hydroxyl groups is 2. The third-order valence-electron chi connectivity index (χ3n) is 7.81. The molecule has 0 aliphatic carbocycles. The van der Waals surface area contributed by atoms with Gasteiger partial charge >= 0.3 is 0 Å². The highest BCUT2D eigenvalue weighted by molar-refractivity contribution is 7.89. The van der Waals surface area contributed by atoms with Crippen molar-refractivity contribution in [2.45, 2.75) is 56.3 Å². The number of phenols is 2. The number of benzene rings is 3. The molecule has 1 saturated heterocycles. The van der Waals surface area contributed by atoms with Gasteiger partial charge in [-0.3, -0.25) is 9.59 Å². The van der Waals surface area contributed by atoms with Gasteiger partial charge < -0.3 is 25.7 Å². The van der Waals surface area contributed by atoms with Crippen LogP contribution in [0.25, 0.3) is 0 Å². The van der Waals surface area contributed by atoms with Crippen LogP contribution < -0.4 is 10.6 Å². The van der Waals surface area contributed by atoms with Crippen LogP contribution in [-0.4, -0.2) is 58.8 Å². The number of fused-ring (bicyclic) bond motifs is 1. The Kier molecular flexibility index (Phi) is 8.18. The van der Waals surface area contributed by atoms with Gasteiger partial charge in [0.2, 0.25) is 21.8 Å². The molecule has 2 heterocycles. The van der Waals surface area contributed by atoms with Crippen molar-refractivity contribution in [3.8, 4) is 11.5 Å². The SMILES string of the molecule is NC(=O)CCC(=O)N1CCC(N(Cc2ccccc2)c2ccc3c(c2)CN(S(=O)(=O)c2ccc(O)cc2O)C3)CC1. The summed E-state index contributed by atoms with van der Waals surface area (Å²) in [6, 6.07) is 19.7. The van der Waals surface area contributed by atoms with Crippen LogP contribution in [-0.2, 0) is 39.2 Å². The Bertz CT molecular complexity index is 1540. The number of piperidine rings is 1. The molecule has 0 atom stereocenters. The summed E-state index contributed by atoms with van der Waals surface area (Å²) in [5, 5.41) is 19.8. The van der Waals surface area contributed by atoms with E-state index in [9.17, 15) is 28.2 Å². The zero-order chi connectivity index (χ0) is 29.1. The highest BCUT2D eigenvalue weighted by Gasteiger charge is 2.34. The lowest BCUT2D eigenvalue weighted by molar-refractivity contribution is -0.134. The fourth-order valence-electron chi connectivity index (χ4n) is 5.59. The molecule has 4 N–H and O–H groups in total. The number of sulfonamides is 1. The number of nitrogens with two attached hydrogens (primary N) is 1. The molecule has 0 spiro atoms. The number of rotatable bonds is 9. The molecule has 2 amide bonds. The number of carbonyl (C=O) groups is 2. The molecule has 11 heteroatoms. The van der Waals surface area contributed by atoms with E-state index in [1.807, 2.05) is 36.4 Å². The molecular formula is C30H34N4O6S. The van der Waals surface area contributed by atoms with E-state index in [1.165, 1.54) is 16.4 Å². The Morgan fingerprint density at radius 2 is 1.61 bits per heavy atom. The van der Waals surface area contributed by atoms with Crippen LogP contribution in [0.1, 0.15) is 42.4 Å². The number of amides is 2. The van der Waals surface area contributed by atoms with E-state index in [2.05, 4.69) is 17.0 Å². The standard InChI is InChI=1S/C30H34N4O6S/c31-29(37)10-11-30(38)32-14-12-24(13-15-32)34(18-21-4-2-1-3-5-21)25-7-6-22-19-33(20-23(22)16-25)41(39,40)28-9-8-26(35)17-27(28)36/h1-9,16-17,24,35-36H,10-15,18-20H2,(H2,31,37). The fourth-order valence-corrected chi connectivity index (χ4v) is 7.05. The number of primary amides is 1. The summed E-state index contributed by atoms with van der Waals surface area (Å²) in [4.78, 5) is 27.5. The predicted octanol–water partition coefficient (Wildman–Crippen LogP) is 3.07. The van der Waals surface area contributed by atoms with E-state index in [0.29, 0.717) is 19.6 Å². The van der Waals surface area contributed by atoms with Gasteiger partial charge in [-0.05, 0) is 53.8 Å². The van der Waals surface area contributed by atoms with Crippen molar-refractivity contribution in [2.24, 2.45) is 5.73 Å². The maximum absolute atomic E-state index is 13.3. The van der Waals surface area contributed by atoms with E-state index in [4.69, 9.17) is 5.73 Å². The van der Waals surface area contributed by atoms with Crippen molar-refractivity contribution in [3.63, 3.8) is 0 Å². The van der Waals surface area contributed by atoms with Crippen LogP contribution >= 0.6 is 0 Å². The molecule has 2 aliphatic rings. The maximum Gasteiger partial charge on any atom is 0.247 e. The number of phenolic OH excluding ortho intramolecular Hbond substituents is 2. The summed E-state index contributed by atoms with van der Waals surface area (Å²) in [5.41, 5.74) is 9.10. The number of hydrogen-bond donors (Lipinski definition) is 3. The molecular weight excluding hydrogens is 544 g/mol. The second-order valence-electron chi connectivity index (χ2n) is 10.6. The molecule has 3 aromatic rings. The van der Waals surface area contributed by atoms with Crippen LogP contribution in [0.4, 0.5) is 5.69 Å². The first-order valence-electron chi connectivity index (χ1n) is 13.6. The smallest absolute Gasteiger partial charge is 0.247 e. The highest BCUT2D eigenvalue weighted by Crippen LogP contribution is 2.36. The topological polar surface area (TPSA) is 144 Å². The van der Waals surface area contributed by atoms with Gasteiger partial charge in [0.25, 0.3) is 0 Å². The van der Waals surface area contributed by atoms with Crippen LogP contribution in [0.2, 0.25) is 0 Å². The number of hydrogen-bond acceptors (Lipinski definition) is 7. The first kappa shape index (κ1) is 28.4. The van der Waals surface area contributed by atoms with Gasteiger partial charge in [0.05, 0.1) is 0 Å². The molecule has 0 radical (unpaired) electrons. The van der Waals surface area contributed by atoms with E-state index in [-0.39, 0.29) is 48.5 Å². The van der Waals surface area contributed by atoms with Gasteiger partial charge in [0.15, 0.2) is 0 Å². The quantitative estimate of drug-likeness (QED) is 0.354. The second kappa shape index (κ2) is 11.8. The van der Waals surface area contributed by atoms with Crippen molar-refractivity contribution in [2.75, 3.05) is 18.0 Å². The molecule has 0 saturated carbocycles. The van der Waals surface area contributed by atoms with Gasteiger partial charge in [0.1, 0.15) is 16.4 Å². The molecule has 5 rings (SSSR count). The second-order valence-corrected chi connectivity index (χ2v) is 12.5. The van der Waals surface area contributed by atoms with Crippen molar-refractivity contribution in [1.29, 1.82) is 0 Å². The summed E-state index contributed by atoms with van der Waals surface area (Å²) < 4.78 is 28.0. The minimum Gasteiger partial charge on any atom is -0.508 e. The summed E-state index contributed by atoms with van der Waals surface area (Å²) in [5.74, 6) is -1.24. The van der Waals surface area contributed by atoms with Crippen LogP contribution in [0.15, 0.2) is 71.6 Å². The van der Waals surface area contributed by atoms with E-state index in [0.717, 1.165) is 41.3 Å². The molecule has 41 heavy (non-hydrogen) atoms. The van der Waals surface area contributed by atoms with Crippen LogP contribution in [0, 0.1) is 0 Å². The first-order chi connectivity index (χ1) is 19.6. The Balaban J connectivity index is 1.35. The van der Waals surface area contributed by atoms with Crippen molar-refractivity contribution in [1.82, 2.24) is 9.21 Å². The van der Waals surface area contributed by atoms with Gasteiger partial charge in [-0.1, -0.05) is 36.4 Å². The van der Waals surface area contributed by atoms with E-state index in [1.54, 1.807) is 4.90 Å². The van der Waals surface area contributed by atoms with E-state index >= 15 is 0 Å². The van der Waals surface area contributed by atoms with Crippen LogP contribution in [0.3, 0.4) is 0 Å². The zero-order valence-electron chi connectivity index (χ0n) is 22.6. The van der Waals surface area contributed by atoms with Gasteiger partial charge in [-0.15, -0.1) is 0 Å². The van der Waals surface area contributed by atoms with Crippen molar-refractivity contribution >= 4 is 27.5 Å².